The van der Waals surface area contributed by atoms with Crippen molar-refractivity contribution in [2.45, 2.75) is 37.5 Å². The number of rotatable bonds is 7. The van der Waals surface area contributed by atoms with Crippen LogP contribution in [0.5, 0.6) is 5.75 Å². The molecular formula is C14H28N2O8S2. The predicted molar refractivity (Wildman–Crippen MR) is 97.3 cm³/mol. The minimum Gasteiger partial charge on any atom is -0.508 e. The summed E-state index contributed by atoms with van der Waals surface area (Å²) in [4.78, 5) is -2.09. The molecule has 0 radical (unpaired) electrons. The van der Waals surface area contributed by atoms with Gasteiger partial charge in [0.15, 0.2) is 0 Å². The Hall–Kier alpha value is -1.28. The molecule has 0 unspecified atom stereocenters. The second-order valence-corrected chi connectivity index (χ2v) is 7.44. The molecule has 1 rings (SSSR count). The van der Waals surface area contributed by atoms with Crippen molar-refractivity contribution in [2.75, 3.05) is 26.2 Å². The molecule has 0 amide bonds. The van der Waals surface area contributed by atoms with Gasteiger partial charge >= 0.3 is 10.1 Å². The van der Waals surface area contributed by atoms with Gasteiger partial charge in [-0.25, -0.2) is 5.26 Å². The quantitative estimate of drug-likeness (QED) is 0.247. The van der Waals surface area contributed by atoms with E-state index < -0.39 is 35.8 Å². The van der Waals surface area contributed by atoms with Crippen LogP contribution in [-0.2, 0) is 24.6 Å². The van der Waals surface area contributed by atoms with Crippen LogP contribution in [0.15, 0.2) is 28.0 Å². The van der Waals surface area contributed by atoms with Crippen LogP contribution in [-0.4, -0.2) is 57.9 Å². The molecule has 0 spiro atoms. The first-order chi connectivity index (χ1) is 12.0. The molecule has 12 heteroatoms. The van der Waals surface area contributed by atoms with Crippen LogP contribution in [0.25, 0.3) is 0 Å². The van der Waals surface area contributed by atoms with Gasteiger partial charge in [0, 0.05) is 6.07 Å². The second-order valence-electron chi connectivity index (χ2n) is 4.55. The highest BCUT2D eigenvalue weighted by Gasteiger charge is 2.26. The lowest BCUT2D eigenvalue weighted by atomic mass is 10.3. The highest BCUT2D eigenvalue weighted by atomic mass is 32.2. The Kier molecular flexibility index (Phi) is 14.4. The fraction of sp³-hybridized carbons (Fsp3) is 0.571. The van der Waals surface area contributed by atoms with Gasteiger partial charge in [-0.15, -0.1) is 4.33 Å². The van der Waals surface area contributed by atoms with E-state index >= 15 is 0 Å². The zero-order chi connectivity index (χ0) is 20.8. The molecule has 1 aromatic rings. The van der Waals surface area contributed by atoms with Crippen molar-refractivity contribution in [1.82, 2.24) is 10.6 Å². The summed E-state index contributed by atoms with van der Waals surface area (Å²) in [6, 6.07) is 2.01. The van der Waals surface area contributed by atoms with Gasteiger partial charge in [-0.3, -0.25) is 4.55 Å². The first-order valence-electron chi connectivity index (χ1n) is 7.81. The van der Waals surface area contributed by atoms with E-state index in [4.69, 9.17) is 14.9 Å². The minimum atomic E-state index is -4.88. The van der Waals surface area contributed by atoms with Crippen LogP contribution in [0.4, 0.5) is 0 Å². The number of phenolic OH excluding ortho intramolecular Hbond substituents is 1. The zero-order valence-electron chi connectivity index (χ0n) is 15.3. The lowest BCUT2D eigenvalue weighted by Gasteiger charge is -2.05. The van der Waals surface area contributed by atoms with Crippen LogP contribution in [0, 0.1) is 0 Å². The summed E-state index contributed by atoms with van der Waals surface area (Å²) in [5.41, 5.74) is 0. The third-order valence-corrected chi connectivity index (χ3v) is 4.69. The molecule has 0 saturated heterocycles. The molecule has 1 aromatic carbocycles. The monoisotopic (exact) mass is 416 g/mol. The summed E-state index contributed by atoms with van der Waals surface area (Å²) >= 11 is 0. The fourth-order valence-corrected chi connectivity index (χ4v) is 3.28. The molecule has 0 atom stereocenters. The third kappa shape index (κ3) is 11.4. The Morgan fingerprint density at radius 3 is 1.58 bits per heavy atom. The molecule has 0 aromatic heterocycles. The van der Waals surface area contributed by atoms with Gasteiger partial charge in [-0.1, -0.05) is 27.7 Å². The maximum atomic E-state index is 11.1. The summed E-state index contributed by atoms with van der Waals surface area (Å²) in [6.45, 7) is 12.8. The lowest BCUT2D eigenvalue weighted by Crippen LogP contribution is -2.10. The van der Waals surface area contributed by atoms with Gasteiger partial charge in [-0.2, -0.15) is 16.8 Å². The highest BCUT2D eigenvalue weighted by molar-refractivity contribution is 7.89. The Labute approximate surface area is 155 Å². The normalized spacial score (nSPS) is 11.0. The molecule has 10 nitrogen and oxygen atoms in total. The van der Waals surface area contributed by atoms with Crippen molar-refractivity contribution in [1.29, 1.82) is 0 Å². The van der Waals surface area contributed by atoms with Gasteiger partial charge in [0.25, 0.3) is 10.1 Å². The summed E-state index contributed by atoms with van der Waals surface area (Å²) in [5, 5.41) is 23.3. The molecule has 0 aliphatic carbocycles. The molecule has 0 saturated carbocycles. The number of aromatic hydroxyl groups is 1. The van der Waals surface area contributed by atoms with E-state index in [2.05, 4.69) is 42.7 Å². The summed E-state index contributed by atoms with van der Waals surface area (Å²) < 4.78 is 55.6. The van der Waals surface area contributed by atoms with Crippen molar-refractivity contribution >= 4 is 20.2 Å². The minimum absolute atomic E-state index is 0.501. The van der Waals surface area contributed by atoms with Crippen molar-refractivity contribution in [3.05, 3.63) is 18.2 Å². The molecule has 5 N–H and O–H groups in total. The van der Waals surface area contributed by atoms with E-state index in [1.54, 1.807) is 0 Å². The zero-order valence-corrected chi connectivity index (χ0v) is 16.9. The van der Waals surface area contributed by atoms with E-state index in [9.17, 15) is 16.8 Å². The van der Waals surface area contributed by atoms with E-state index in [0.29, 0.717) is 12.1 Å². The number of hydrogen-bond acceptors (Lipinski definition) is 9. The van der Waals surface area contributed by atoms with Crippen molar-refractivity contribution in [3.8, 4) is 5.75 Å². The number of nitrogens with one attached hydrogen (secondary N) is 2. The Morgan fingerprint density at radius 1 is 0.885 bits per heavy atom. The molecule has 26 heavy (non-hydrogen) atoms. The first-order valence-corrected chi connectivity index (χ1v) is 10.7. The third-order valence-electron chi connectivity index (χ3n) is 2.57. The maximum absolute atomic E-state index is 11.1. The average molecular weight is 417 g/mol. The number of hydrogen-bond donors (Lipinski definition) is 5. The van der Waals surface area contributed by atoms with Crippen LogP contribution < -0.4 is 10.6 Å². The van der Waals surface area contributed by atoms with Crippen molar-refractivity contribution in [3.63, 3.8) is 0 Å². The maximum Gasteiger partial charge on any atom is 0.324 e. The number of phenols is 1. The van der Waals surface area contributed by atoms with Gasteiger partial charge in [0.1, 0.15) is 15.5 Å². The van der Waals surface area contributed by atoms with Crippen LogP contribution in [0.1, 0.15) is 27.7 Å². The molecule has 154 valence electrons. The SMILES string of the molecule is CCNCC.CCNCC.O=S(=O)(O)c1cc(O)ccc1S(=O)(=O)OO. The van der Waals surface area contributed by atoms with E-state index in [1.165, 1.54) is 0 Å². The van der Waals surface area contributed by atoms with Gasteiger partial charge < -0.3 is 15.7 Å². The van der Waals surface area contributed by atoms with Crippen LogP contribution in [0.2, 0.25) is 0 Å². The van der Waals surface area contributed by atoms with E-state index in [0.717, 1.165) is 32.2 Å². The molecule has 0 aliphatic heterocycles. The molecule has 0 heterocycles. The first kappa shape index (κ1) is 26.9. The molecular weight excluding hydrogens is 388 g/mol. The standard InChI is InChI=1S/C6H6O8S2.2C4H11N/c7-4-1-2-5(16(12,13)14-8)6(3-4)15(9,10)11;2*1-3-5-4-2/h1-3,7-8H,(H,9,10,11);2*5H,3-4H2,1-2H3. The van der Waals surface area contributed by atoms with E-state index in [1.807, 2.05) is 0 Å². The summed E-state index contributed by atoms with van der Waals surface area (Å²) in [7, 11) is -9.60. The Morgan fingerprint density at radius 2 is 1.31 bits per heavy atom. The van der Waals surface area contributed by atoms with Crippen molar-refractivity contribution < 1.29 is 36.1 Å². The predicted octanol–water partition coefficient (Wildman–Crippen LogP) is 1.05. The van der Waals surface area contributed by atoms with Crippen molar-refractivity contribution in [2.24, 2.45) is 0 Å². The van der Waals surface area contributed by atoms with Crippen LogP contribution in [0.3, 0.4) is 0 Å². The summed E-state index contributed by atoms with van der Waals surface area (Å²) in [5.74, 6) is -0.579. The molecule has 0 bridgehead atoms. The van der Waals surface area contributed by atoms with Gasteiger partial charge in [0.05, 0.1) is 0 Å². The Bertz CT molecular complexity index is 696. The van der Waals surface area contributed by atoms with Crippen LogP contribution >= 0.6 is 0 Å². The second kappa shape index (κ2) is 13.9. The summed E-state index contributed by atoms with van der Waals surface area (Å²) in [6.07, 6.45) is 0. The topological polar surface area (TPSA) is 162 Å². The fourth-order valence-electron chi connectivity index (χ4n) is 1.45. The molecule has 0 fully saturated rings. The Balaban J connectivity index is 0. The van der Waals surface area contributed by atoms with E-state index in [-0.39, 0.29) is 0 Å². The van der Waals surface area contributed by atoms with Gasteiger partial charge in [0.2, 0.25) is 0 Å². The smallest absolute Gasteiger partial charge is 0.324 e. The lowest BCUT2D eigenvalue weighted by molar-refractivity contribution is -0.130. The highest BCUT2D eigenvalue weighted by Crippen LogP contribution is 2.25. The average Bonchev–Trinajstić information content (AvgIpc) is 2.56. The largest absolute Gasteiger partial charge is 0.508 e. The van der Waals surface area contributed by atoms with Gasteiger partial charge in [-0.05, 0) is 38.3 Å². The molecule has 0 aliphatic rings. The number of benzene rings is 1.